The first kappa shape index (κ1) is 20.8. The van der Waals surface area contributed by atoms with Crippen LogP contribution in [0.15, 0.2) is 57.9 Å². The van der Waals surface area contributed by atoms with Crippen molar-refractivity contribution in [3.63, 3.8) is 0 Å². The van der Waals surface area contributed by atoms with Crippen molar-refractivity contribution in [1.29, 1.82) is 0 Å². The summed E-state index contributed by atoms with van der Waals surface area (Å²) in [5.41, 5.74) is 1.10. The maximum atomic E-state index is 13.3. The van der Waals surface area contributed by atoms with Gasteiger partial charge in [0.2, 0.25) is 0 Å². The van der Waals surface area contributed by atoms with Crippen LogP contribution in [0.1, 0.15) is 18.4 Å². The number of sulfone groups is 1. The van der Waals surface area contributed by atoms with Crippen LogP contribution >= 0.6 is 15.9 Å². The molecule has 150 valence electrons. The highest BCUT2D eigenvalue weighted by Crippen LogP contribution is 2.39. The molecule has 0 bridgehead atoms. The van der Waals surface area contributed by atoms with Gasteiger partial charge in [-0.3, -0.25) is 9.69 Å². The first-order valence-corrected chi connectivity index (χ1v) is 11.2. The summed E-state index contributed by atoms with van der Waals surface area (Å²) < 4.78 is 31.0. The molecule has 3 rings (SSSR count). The molecule has 2 aromatic rings. The Kier molecular flexibility index (Phi) is 6.12. The number of piperidine rings is 1. The molecule has 1 saturated heterocycles. The molecule has 0 spiro atoms. The summed E-state index contributed by atoms with van der Waals surface area (Å²) >= 11 is 3.40. The third kappa shape index (κ3) is 3.81. The number of likely N-dealkylation sites (tertiary alicyclic amines) is 1. The van der Waals surface area contributed by atoms with E-state index in [0.717, 1.165) is 10.0 Å². The van der Waals surface area contributed by atoms with Crippen molar-refractivity contribution < 1.29 is 23.1 Å². The van der Waals surface area contributed by atoms with E-state index in [0.29, 0.717) is 19.6 Å². The Labute approximate surface area is 173 Å². The van der Waals surface area contributed by atoms with E-state index in [4.69, 9.17) is 4.74 Å². The van der Waals surface area contributed by atoms with Crippen LogP contribution in [0.2, 0.25) is 0 Å². The van der Waals surface area contributed by atoms with E-state index in [1.807, 2.05) is 24.3 Å². The summed E-state index contributed by atoms with van der Waals surface area (Å²) in [5.74, 6) is -1.14. The topological polar surface area (TPSA) is 83.9 Å². The van der Waals surface area contributed by atoms with Gasteiger partial charge in [0.25, 0.3) is 0 Å². The Hall–Kier alpha value is -1.90. The number of benzene rings is 2. The fourth-order valence-corrected chi connectivity index (χ4v) is 5.88. The number of para-hydroxylation sites is 1. The van der Waals surface area contributed by atoms with E-state index >= 15 is 0 Å². The van der Waals surface area contributed by atoms with Gasteiger partial charge in [0.1, 0.15) is 10.6 Å². The second kappa shape index (κ2) is 8.23. The van der Waals surface area contributed by atoms with Crippen molar-refractivity contribution in [3.05, 3.63) is 58.6 Å². The lowest BCUT2D eigenvalue weighted by molar-refractivity contribution is -0.141. The zero-order valence-electron chi connectivity index (χ0n) is 15.5. The van der Waals surface area contributed by atoms with Crippen LogP contribution in [0.4, 0.5) is 0 Å². The number of halogens is 1. The fraction of sp³-hybridized carbons (Fsp3) is 0.350. The molecule has 0 aliphatic carbocycles. The number of nitrogens with zero attached hydrogens (tertiary/aromatic N) is 1. The number of aliphatic carboxylic acids is 1. The molecule has 0 atom stereocenters. The lowest BCUT2D eigenvalue weighted by atomic mass is 9.95. The molecule has 28 heavy (non-hydrogen) atoms. The minimum absolute atomic E-state index is 0.0270. The van der Waals surface area contributed by atoms with Crippen molar-refractivity contribution in [2.75, 3.05) is 20.2 Å². The molecule has 1 fully saturated rings. The molecule has 0 amide bonds. The quantitative estimate of drug-likeness (QED) is 0.700. The summed E-state index contributed by atoms with van der Waals surface area (Å²) in [6.07, 6.45) is 0.0541. The van der Waals surface area contributed by atoms with Crippen molar-refractivity contribution in [2.45, 2.75) is 29.0 Å². The molecular weight excluding hydrogens is 446 g/mol. The minimum atomic E-state index is -4.12. The standard InChI is InChI=1S/C20H22BrNO5S/c1-27-17-4-2-3-5-18(17)28(25,26)20(19(23)24)10-12-22(13-11-20)14-15-6-8-16(21)9-7-15/h2-9H,10-14H2,1H3,(H,23,24). The molecule has 0 unspecified atom stereocenters. The number of carboxylic acids is 1. The molecule has 8 heteroatoms. The summed E-state index contributed by atoms with van der Waals surface area (Å²) in [6.45, 7) is 1.42. The average molecular weight is 468 g/mol. The predicted octanol–water partition coefficient (Wildman–Crippen LogP) is 3.35. The van der Waals surface area contributed by atoms with Crippen molar-refractivity contribution in [1.82, 2.24) is 4.90 Å². The summed E-state index contributed by atoms with van der Waals surface area (Å²) in [5, 5.41) is 9.91. The van der Waals surface area contributed by atoms with Gasteiger partial charge in [-0.1, -0.05) is 40.2 Å². The number of carboxylic acid groups (broad SMARTS) is 1. The zero-order valence-corrected chi connectivity index (χ0v) is 17.9. The SMILES string of the molecule is COc1ccccc1S(=O)(=O)C1(C(=O)O)CCN(Cc2ccc(Br)cc2)CC1. The normalized spacial score (nSPS) is 17.2. The summed E-state index contributed by atoms with van der Waals surface area (Å²) in [4.78, 5) is 14.2. The van der Waals surface area contributed by atoms with E-state index < -0.39 is 20.6 Å². The number of rotatable bonds is 6. The first-order valence-electron chi connectivity index (χ1n) is 8.88. The van der Waals surface area contributed by atoms with Gasteiger partial charge < -0.3 is 9.84 Å². The molecular formula is C20H22BrNO5S. The molecule has 1 heterocycles. The van der Waals surface area contributed by atoms with Crippen LogP contribution in [0.3, 0.4) is 0 Å². The largest absolute Gasteiger partial charge is 0.495 e. The summed E-state index contributed by atoms with van der Waals surface area (Å²) in [6, 6.07) is 14.1. The van der Waals surface area contributed by atoms with Gasteiger partial charge in [-0.05, 0) is 42.7 Å². The molecule has 0 aromatic heterocycles. The van der Waals surface area contributed by atoms with E-state index in [-0.39, 0.29) is 23.5 Å². The van der Waals surface area contributed by atoms with E-state index in [1.165, 1.54) is 19.2 Å². The van der Waals surface area contributed by atoms with Crippen molar-refractivity contribution in [2.24, 2.45) is 0 Å². The van der Waals surface area contributed by atoms with Crippen LogP contribution in [0, 0.1) is 0 Å². The Bertz CT molecular complexity index is 951. The van der Waals surface area contributed by atoms with E-state index in [9.17, 15) is 18.3 Å². The van der Waals surface area contributed by atoms with Gasteiger partial charge >= 0.3 is 5.97 Å². The number of methoxy groups -OCH3 is 1. The predicted molar refractivity (Wildman–Crippen MR) is 109 cm³/mol. The third-order valence-electron chi connectivity index (χ3n) is 5.25. The van der Waals surface area contributed by atoms with E-state index in [2.05, 4.69) is 20.8 Å². The summed E-state index contributed by atoms with van der Waals surface area (Å²) in [7, 11) is -2.75. The third-order valence-corrected chi connectivity index (χ3v) is 8.30. The minimum Gasteiger partial charge on any atom is -0.495 e. The Balaban J connectivity index is 1.84. The first-order chi connectivity index (χ1) is 13.3. The number of hydrogen-bond acceptors (Lipinski definition) is 5. The van der Waals surface area contributed by atoms with Crippen LogP contribution in [-0.2, 0) is 21.2 Å². The number of carbonyl (C=O) groups is 1. The maximum Gasteiger partial charge on any atom is 0.325 e. The van der Waals surface area contributed by atoms with Gasteiger partial charge in [0, 0.05) is 24.1 Å². The zero-order chi connectivity index (χ0) is 20.4. The van der Waals surface area contributed by atoms with Crippen LogP contribution in [0.25, 0.3) is 0 Å². The Morgan fingerprint density at radius 2 is 1.75 bits per heavy atom. The van der Waals surface area contributed by atoms with Crippen molar-refractivity contribution >= 4 is 31.7 Å². The number of hydrogen-bond donors (Lipinski definition) is 1. The lowest BCUT2D eigenvalue weighted by Gasteiger charge is -2.38. The molecule has 1 aliphatic heterocycles. The smallest absolute Gasteiger partial charge is 0.325 e. The van der Waals surface area contributed by atoms with E-state index in [1.54, 1.807) is 12.1 Å². The maximum absolute atomic E-state index is 13.3. The molecule has 0 saturated carbocycles. The van der Waals surface area contributed by atoms with Gasteiger partial charge in [-0.2, -0.15) is 0 Å². The van der Waals surface area contributed by atoms with Gasteiger partial charge in [0.05, 0.1) is 7.11 Å². The lowest BCUT2D eigenvalue weighted by Crippen LogP contribution is -2.54. The second-order valence-electron chi connectivity index (χ2n) is 6.86. The Morgan fingerprint density at radius 1 is 1.14 bits per heavy atom. The molecule has 6 nitrogen and oxygen atoms in total. The molecule has 1 N–H and O–H groups in total. The molecule has 2 aromatic carbocycles. The highest BCUT2D eigenvalue weighted by atomic mass is 79.9. The van der Waals surface area contributed by atoms with Crippen LogP contribution in [0.5, 0.6) is 5.75 Å². The fourth-order valence-electron chi connectivity index (χ4n) is 3.57. The highest BCUT2D eigenvalue weighted by molar-refractivity contribution is 9.10. The number of ether oxygens (including phenoxy) is 1. The van der Waals surface area contributed by atoms with Crippen LogP contribution in [-0.4, -0.2) is 49.3 Å². The van der Waals surface area contributed by atoms with Gasteiger partial charge in [-0.25, -0.2) is 8.42 Å². The molecule has 0 radical (unpaired) electrons. The average Bonchev–Trinajstić information content (AvgIpc) is 2.70. The Morgan fingerprint density at radius 3 is 2.32 bits per heavy atom. The monoisotopic (exact) mass is 467 g/mol. The second-order valence-corrected chi connectivity index (χ2v) is 10.0. The van der Waals surface area contributed by atoms with Crippen LogP contribution < -0.4 is 4.74 Å². The van der Waals surface area contributed by atoms with Crippen molar-refractivity contribution in [3.8, 4) is 5.75 Å². The highest BCUT2D eigenvalue weighted by Gasteiger charge is 2.54. The molecule has 1 aliphatic rings. The van der Waals surface area contributed by atoms with Gasteiger partial charge in [0.15, 0.2) is 14.6 Å². The van der Waals surface area contributed by atoms with Gasteiger partial charge in [-0.15, -0.1) is 0 Å².